The molecule has 1 aromatic heterocycles. The first kappa shape index (κ1) is 24.8. The Balaban J connectivity index is 1.17. The van der Waals surface area contributed by atoms with Crippen LogP contribution >= 0.6 is 0 Å². The van der Waals surface area contributed by atoms with Crippen LogP contribution in [0.3, 0.4) is 0 Å². The molecule has 192 valence electrons. The van der Waals surface area contributed by atoms with Crippen molar-refractivity contribution in [2.75, 3.05) is 54.8 Å². The lowest BCUT2D eigenvalue weighted by molar-refractivity contribution is 0.262. The molecular formula is C30H37N7. The van der Waals surface area contributed by atoms with Gasteiger partial charge in [0.2, 0.25) is 5.95 Å². The van der Waals surface area contributed by atoms with Gasteiger partial charge >= 0.3 is 0 Å². The number of hydrogen-bond donors (Lipinski definition) is 3. The molecule has 0 radical (unpaired) electrons. The lowest BCUT2D eigenvalue weighted by atomic mass is 9.94. The molecule has 3 aromatic rings. The van der Waals surface area contributed by atoms with Crippen molar-refractivity contribution in [3.8, 4) is 11.3 Å². The van der Waals surface area contributed by atoms with Crippen molar-refractivity contribution >= 4 is 23.0 Å². The summed E-state index contributed by atoms with van der Waals surface area (Å²) in [5.41, 5.74) is 7.39. The van der Waals surface area contributed by atoms with Crippen molar-refractivity contribution in [2.24, 2.45) is 5.92 Å². The fourth-order valence-electron chi connectivity index (χ4n) is 5.10. The Bertz CT molecular complexity index is 1210. The number of allylic oxidation sites excluding steroid dienone is 2. The van der Waals surface area contributed by atoms with E-state index in [1.165, 1.54) is 24.2 Å². The summed E-state index contributed by atoms with van der Waals surface area (Å²) in [4.78, 5) is 14.1. The summed E-state index contributed by atoms with van der Waals surface area (Å²) in [5, 5.41) is 10.0. The Morgan fingerprint density at radius 3 is 2.24 bits per heavy atom. The van der Waals surface area contributed by atoms with Crippen molar-refractivity contribution in [1.82, 2.24) is 20.2 Å². The van der Waals surface area contributed by atoms with E-state index >= 15 is 0 Å². The number of aromatic nitrogens is 2. The summed E-state index contributed by atoms with van der Waals surface area (Å²) >= 11 is 0. The van der Waals surface area contributed by atoms with Crippen molar-refractivity contribution in [1.29, 1.82) is 0 Å². The van der Waals surface area contributed by atoms with Crippen LogP contribution in [0.1, 0.15) is 19.8 Å². The third kappa shape index (κ3) is 6.30. The molecule has 2 aliphatic heterocycles. The van der Waals surface area contributed by atoms with Gasteiger partial charge in [0.1, 0.15) is 0 Å². The standard InChI is InChI=1S/C30H37N7/c1-22(2)33-26-6-4-25(5-7-26)29-14-17-32-30(35-29)34-27-8-10-28(11-9-27)37-20-18-36(19-21-37)23(3)24-12-15-31-16-13-24/h4-11,14,17,24,31,33H,1,3,12-13,15-16,18-21H2,2H3,(H,32,34,35). The highest BCUT2D eigenvalue weighted by molar-refractivity contribution is 5.65. The van der Waals surface area contributed by atoms with Crippen LogP contribution < -0.4 is 20.9 Å². The SMILES string of the molecule is C=C(C)Nc1ccc(-c2ccnc(Nc3ccc(N4CCN(C(=C)C5CCNCC5)CC4)cc3)n2)cc1. The van der Waals surface area contributed by atoms with Crippen molar-refractivity contribution < 1.29 is 0 Å². The predicted octanol–water partition coefficient (Wildman–Crippen LogP) is 5.47. The van der Waals surface area contributed by atoms with Crippen molar-refractivity contribution in [3.63, 3.8) is 0 Å². The van der Waals surface area contributed by atoms with E-state index in [1.807, 2.05) is 37.3 Å². The number of rotatable bonds is 8. The first-order chi connectivity index (χ1) is 18.0. The fourth-order valence-corrected chi connectivity index (χ4v) is 5.10. The van der Waals surface area contributed by atoms with Gasteiger partial charge in [-0.1, -0.05) is 25.3 Å². The number of piperidine rings is 1. The average molecular weight is 496 g/mol. The van der Waals surface area contributed by atoms with E-state index in [1.54, 1.807) is 6.20 Å². The highest BCUT2D eigenvalue weighted by atomic mass is 15.3. The molecule has 0 atom stereocenters. The highest BCUT2D eigenvalue weighted by Gasteiger charge is 2.24. The zero-order valence-corrected chi connectivity index (χ0v) is 21.7. The fraction of sp³-hybridized carbons (Fsp3) is 0.333. The van der Waals surface area contributed by atoms with Crippen LogP contribution in [-0.2, 0) is 0 Å². The van der Waals surface area contributed by atoms with Crippen LogP contribution in [0, 0.1) is 5.92 Å². The zero-order chi connectivity index (χ0) is 25.6. The van der Waals surface area contributed by atoms with Crippen LogP contribution in [0.2, 0.25) is 0 Å². The lowest BCUT2D eigenvalue weighted by Crippen LogP contribution is -2.47. The molecule has 0 bridgehead atoms. The number of hydrogen-bond acceptors (Lipinski definition) is 7. The van der Waals surface area contributed by atoms with Gasteiger partial charge in [-0.15, -0.1) is 0 Å². The molecular weight excluding hydrogens is 458 g/mol. The molecule has 2 fully saturated rings. The van der Waals surface area contributed by atoms with E-state index in [2.05, 4.69) is 68.2 Å². The Morgan fingerprint density at radius 2 is 1.57 bits per heavy atom. The summed E-state index contributed by atoms with van der Waals surface area (Å²) in [6, 6.07) is 18.6. The third-order valence-electron chi connectivity index (χ3n) is 7.18. The molecule has 3 heterocycles. The zero-order valence-electron chi connectivity index (χ0n) is 21.7. The normalized spacial score (nSPS) is 16.4. The van der Waals surface area contributed by atoms with E-state index in [0.717, 1.165) is 67.6 Å². The summed E-state index contributed by atoms with van der Waals surface area (Å²) < 4.78 is 0. The van der Waals surface area contributed by atoms with Crippen molar-refractivity contribution in [2.45, 2.75) is 19.8 Å². The number of benzene rings is 2. The molecule has 0 unspecified atom stereocenters. The largest absolute Gasteiger partial charge is 0.372 e. The van der Waals surface area contributed by atoms with Crippen LogP contribution in [0.25, 0.3) is 11.3 Å². The molecule has 2 saturated heterocycles. The number of nitrogens with zero attached hydrogens (tertiary/aromatic N) is 4. The minimum Gasteiger partial charge on any atom is -0.372 e. The summed E-state index contributed by atoms with van der Waals surface area (Å²) in [6.45, 7) is 16.6. The van der Waals surface area contributed by atoms with Crippen LogP contribution in [0.15, 0.2) is 85.3 Å². The Kier molecular flexibility index (Phi) is 7.70. The highest BCUT2D eigenvalue weighted by Crippen LogP contribution is 2.27. The minimum absolute atomic E-state index is 0.583. The molecule has 2 aromatic carbocycles. The lowest BCUT2D eigenvalue weighted by Gasteiger charge is -2.41. The van der Waals surface area contributed by atoms with Crippen molar-refractivity contribution in [3.05, 3.63) is 85.3 Å². The topological polar surface area (TPSA) is 68.4 Å². The van der Waals surface area contributed by atoms with E-state index in [4.69, 9.17) is 4.98 Å². The van der Waals surface area contributed by atoms with Crippen LogP contribution in [0.5, 0.6) is 0 Å². The molecule has 0 amide bonds. The van der Waals surface area contributed by atoms with Gasteiger partial charge < -0.3 is 25.8 Å². The van der Waals surface area contributed by atoms with Gasteiger partial charge in [-0.05, 0) is 75.3 Å². The predicted molar refractivity (Wildman–Crippen MR) is 154 cm³/mol. The van der Waals surface area contributed by atoms with Gasteiger partial charge in [-0.25, -0.2) is 9.97 Å². The Hall–Kier alpha value is -3.84. The molecule has 7 heteroatoms. The molecule has 5 rings (SSSR count). The van der Waals surface area contributed by atoms with Crippen LogP contribution in [-0.4, -0.2) is 54.1 Å². The van der Waals surface area contributed by atoms with E-state index in [0.29, 0.717) is 11.9 Å². The number of anilines is 4. The summed E-state index contributed by atoms with van der Waals surface area (Å²) in [6.07, 6.45) is 4.20. The van der Waals surface area contributed by atoms with Gasteiger partial charge in [-0.3, -0.25) is 0 Å². The molecule has 37 heavy (non-hydrogen) atoms. The second-order valence-electron chi connectivity index (χ2n) is 9.91. The molecule has 7 nitrogen and oxygen atoms in total. The molecule has 0 saturated carbocycles. The first-order valence-electron chi connectivity index (χ1n) is 13.2. The number of piperazine rings is 1. The monoisotopic (exact) mass is 495 g/mol. The third-order valence-corrected chi connectivity index (χ3v) is 7.18. The van der Waals surface area contributed by atoms with Crippen LogP contribution in [0.4, 0.5) is 23.0 Å². The maximum atomic E-state index is 4.72. The maximum absolute atomic E-state index is 4.72. The smallest absolute Gasteiger partial charge is 0.227 e. The summed E-state index contributed by atoms with van der Waals surface area (Å²) in [7, 11) is 0. The Labute approximate surface area is 220 Å². The molecule has 3 N–H and O–H groups in total. The van der Waals surface area contributed by atoms with E-state index < -0.39 is 0 Å². The van der Waals surface area contributed by atoms with Gasteiger partial charge in [-0.2, -0.15) is 0 Å². The minimum atomic E-state index is 0.583. The second-order valence-corrected chi connectivity index (χ2v) is 9.91. The summed E-state index contributed by atoms with van der Waals surface area (Å²) in [5.74, 6) is 1.22. The molecule has 2 aliphatic rings. The van der Waals surface area contributed by atoms with Gasteiger partial charge in [0.05, 0.1) is 5.69 Å². The first-order valence-corrected chi connectivity index (χ1v) is 13.2. The second kappa shape index (κ2) is 11.5. The van der Waals surface area contributed by atoms with Gasteiger partial charge in [0.15, 0.2) is 0 Å². The van der Waals surface area contributed by atoms with Gasteiger partial charge in [0, 0.05) is 72.3 Å². The maximum Gasteiger partial charge on any atom is 0.227 e. The molecule has 0 aliphatic carbocycles. The van der Waals surface area contributed by atoms with E-state index in [9.17, 15) is 0 Å². The quantitative estimate of drug-likeness (QED) is 0.383. The Morgan fingerprint density at radius 1 is 0.892 bits per heavy atom. The number of nitrogens with one attached hydrogen (secondary N) is 3. The molecule has 0 spiro atoms. The average Bonchev–Trinajstić information content (AvgIpc) is 2.94. The van der Waals surface area contributed by atoms with Gasteiger partial charge in [0.25, 0.3) is 0 Å². The van der Waals surface area contributed by atoms with E-state index in [-0.39, 0.29) is 0 Å².